The molecule has 1 N–H and O–H groups in total. The predicted molar refractivity (Wildman–Crippen MR) is 117 cm³/mol. The lowest BCUT2D eigenvalue weighted by atomic mass is 10.1. The topological polar surface area (TPSA) is 60.0 Å². The smallest absolute Gasteiger partial charge is 0.262 e. The minimum atomic E-state index is -0.368. The molecule has 0 unspecified atom stereocenters. The second-order valence-corrected chi connectivity index (χ2v) is 7.56. The number of hydrogen-bond acceptors (Lipinski definition) is 5. The Morgan fingerprint density at radius 3 is 2.47 bits per heavy atom. The number of rotatable bonds is 6. The van der Waals surface area contributed by atoms with Crippen molar-refractivity contribution < 1.29 is 23.4 Å². The van der Waals surface area contributed by atoms with E-state index in [2.05, 4.69) is 10.2 Å². The molecule has 1 saturated heterocycles. The number of thiocarbonyl (C=S) groups is 1. The number of benzene rings is 2. The van der Waals surface area contributed by atoms with E-state index < -0.39 is 0 Å². The van der Waals surface area contributed by atoms with Crippen LogP contribution in [0.5, 0.6) is 11.5 Å². The SMILES string of the molecule is COc1cc(C(=S)N2C[C@@H](C)O[C@@H](C)C2)ccc1OCC(=O)Nc1ccc(F)cc1. The molecule has 0 aromatic heterocycles. The summed E-state index contributed by atoms with van der Waals surface area (Å²) in [4.78, 5) is 14.9. The molecule has 1 aliphatic rings. The van der Waals surface area contributed by atoms with Crippen molar-refractivity contribution in [3.63, 3.8) is 0 Å². The highest BCUT2D eigenvalue weighted by Crippen LogP contribution is 2.29. The fourth-order valence-corrected chi connectivity index (χ4v) is 3.60. The van der Waals surface area contributed by atoms with Gasteiger partial charge >= 0.3 is 0 Å². The number of carbonyl (C=O) groups is 1. The molecule has 0 aliphatic carbocycles. The normalized spacial score (nSPS) is 18.6. The van der Waals surface area contributed by atoms with Gasteiger partial charge in [0.15, 0.2) is 18.1 Å². The first kappa shape index (κ1) is 22.0. The van der Waals surface area contributed by atoms with E-state index in [0.29, 0.717) is 17.2 Å². The molecule has 1 heterocycles. The first-order valence-electron chi connectivity index (χ1n) is 9.66. The van der Waals surface area contributed by atoms with Gasteiger partial charge < -0.3 is 24.4 Å². The Balaban J connectivity index is 1.63. The van der Waals surface area contributed by atoms with Crippen LogP contribution in [0.4, 0.5) is 10.1 Å². The van der Waals surface area contributed by atoms with Crippen LogP contribution in [0, 0.1) is 5.82 Å². The van der Waals surface area contributed by atoms with Gasteiger partial charge in [-0.2, -0.15) is 0 Å². The van der Waals surface area contributed by atoms with Gasteiger partial charge in [-0.15, -0.1) is 0 Å². The minimum absolute atomic E-state index is 0.107. The summed E-state index contributed by atoms with van der Waals surface area (Å²) >= 11 is 5.67. The second-order valence-electron chi connectivity index (χ2n) is 7.18. The quantitative estimate of drug-likeness (QED) is 0.704. The third kappa shape index (κ3) is 5.67. The number of hydrogen-bond donors (Lipinski definition) is 1. The number of amides is 1. The Bertz CT molecular complexity index is 897. The lowest BCUT2D eigenvalue weighted by molar-refractivity contribution is -0.118. The van der Waals surface area contributed by atoms with Crippen molar-refractivity contribution >= 4 is 28.8 Å². The summed E-state index contributed by atoms with van der Waals surface area (Å²) in [5.41, 5.74) is 1.33. The molecule has 0 saturated carbocycles. The molecule has 1 fully saturated rings. The predicted octanol–water partition coefficient (Wildman–Crippen LogP) is 3.64. The summed E-state index contributed by atoms with van der Waals surface area (Å²) in [6.45, 7) is 5.30. The van der Waals surface area contributed by atoms with Crippen LogP contribution in [-0.2, 0) is 9.53 Å². The van der Waals surface area contributed by atoms with E-state index in [1.54, 1.807) is 12.1 Å². The molecule has 3 rings (SSSR count). The molecule has 6 nitrogen and oxygen atoms in total. The van der Waals surface area contributed by atoms with Crippen molar-refractivity contribution in [2.75, 3.05) is 32.1 Å². The summed E-state index contributed by atoms with van der Waals surface area (Å²) in [6.07, 6.45) is 0.214. The van der Waals surface area contributed by atoms with E-state index in [9.17, 15) is 9.18 Å². The Labute approximate surface area is 180 Å². The summed E-state index contributed by atoms with van der Waals surface area (Å²) in [5, 5.41) is 2.65. The number of anilines is 1. The fraction of sp³-hybridized carbons (Fsp3) is 0.364. The first-order chi connectivity index (χ1) is 14.4. The maximum atomic E-state index is 13.0. The van der Waals surface area contributed by atoms with Gasteiger partial charge in [-0.1, -0.05) is 12.2 Å². The number of carbonyl (C=O) groups excluding carboxylic acids is 1. The van der Waals surface area contributed by atoms with E-state index in [1.165, 1.54) is 31.4 Å². The van der Waals surface area contributed by atoms with Gasteiger partial charge in [0.2, 0.25) is 0 Å². The highest BCUT2D eigenvalue weighted by molar-refractivity contribution is 7.80. The van der Waals surface area contributed by atoms with Crippen LogP contribution >= 0.6 is 12.2 Å². The molecular formula is C22H25FN2O4S. The lowest BCUT2D eigenvalue weighted by Crippen LogP contribution is -2.47. The van der Waals surface area contributed by atoms with Crippen LogP contribution in [0.3, 0.4) is 0 Å². The van der Waals surface area contributed by atoms with Crippen LogP contribution in [-0.4, -0.2) is 54.8 Å². The van der Waals surface area contributed by atoms with E-state index in [1.807, 2.05) is 19.9 Å². The maximum Gasteiger partial charge on any atom is 0.262 e. The Hall–Kier alpha value is -2.71. The molecule has 160 valence electrons. The van der Waals surface area contributed by atoms with E-state index in [-0.39, 0.29) is 30.5 Å². The number of halogens is 1. The fourth-order valence-electron chi connectivity index (χ4n) is 3.32. The molecule has 1 amide bonds. The van der Waals surface area contributed by atoms with Crippen molar-refractivity contribution in [1.82, 2.24) is 4.90 Å². The molecule has 2 aromatic carbocycles. The van der Waals surface area contributed by atoms with Crippen molar-refractivity contribution in [1.29, 1.82) is 0 Å². The zero-order valence-corrected chi connectivity index (χ0v) is 18.0. The summed E-state index contributed by atoms with van der Waals surface area (Å²) in [7, 11) is 1.53. The van der Waals surface area contributed by atoms with Crippen LogP contribution in [0.25, 0.3) is 0 Å². The molecule has 30 heavy (non-hydrogen) atoms. The third-order valence-corrected chi connectivity index (χ3v) is 5.10. The maximum absolute atomic E-state index is 13.0. The van der Waals surface area contributed by atoms with Crippen molar-refractivity contribution in [2.45, 2.75) is 26.1 Å². The summed E-state index contributed by atoms with van der Waals surface area (Å²) in [6, 6.07) is 10.9. The third-order valence-electron chi connectivity index (χ3n) is 4.60. The van der Waals surface area contributed by atoms with Crippen LogP contribution < -0.4 is 14.8 Å². The molecule has 2 atom stereocenters. The average molecular weight is 433 g/mol. The van der Waals surface area contributed by atoms with E-state index in [4.69, 9.17) is 26.4 Å². The minimum Gasteiger partial charge on any atom is -0.493 e. The molecule has 0 spiro atoms. The zero-order valence-electron chi connectivity index (χ0n) is 17.2. The van der Waals surface area contributed by atoms with E-state index in [0.717, 1.165) is 23.6 Å². The summed E-state index contributed by atoms with van der Waals surface area (Å²) in [5.74, 6) is 0.188. The van der Waals surface area contributed by atoms with E-state index >= 15 is 0 Å². The van der Waals surface area contributed by atoms with Gasteiger partial charge in [-0.3, -0.25) is 4.79 Å². The standard InChI is InChI=1S/C22H25FN2O4S/c1-14-11-25(12-15(2)29-14)22(30)16-4-9-19(20(10-16)27-3)28-13-21(26)24-18-7-5-17(23)6-8-18/h4-10,14-15H,11-13H2,1-3H3,(H,24,26)/t14-,15+. The number of methoxy groups -OCH3 is 1. The number of nitrogens with one attached hydrogen (secondary N) is 1. The largest absolute Gasteiger partial charge is 0.493 e. The van der Waals surface area contributed by atoms with Gasteiger partial charge in [0.05, 0.1) is 19.3 Å². The highest BCUT2D eigenvalue weighted by atomic mass is 32.1. The number of nitrogens with zero attached hydrogens (tertiary/aromatic N) is 1. The van der Waals surface area contributed by atoms with Crippen molar-refractivity contribution in [2.24, 2.45) is 0 Å². The van der Waals surface area contributed by atoms with Crippen LogP contribution in [0.15, 0.2) is 42.5 Å². The Morgan fingerprint density at radius 2 is 1.83 bits per heavy atom. The molecule has 0 bridgehead atoms. The van der Waals surface area contributed by atoms with Gasteiger partial charge in [-0.05, 0) is 56.3 Å². The second kappa shape index (κ2) is 9.86. The lowest BCUT2D eigenvalue weighted by Gasteiger charge is -2.37. The van der Waals surface area contributed by atoms with Gasteiger partial charge in [0, 0.05) is 24.3 Å². The molecule has 0 radical (unpaired) electrons. The summed E-state index contributed by atoms with van der Waals surface area (Å²) < 4.78 is 29.8. The van der Waals surface area contributed by atoms with Gasteiger partial charge in [0.25, 0.3) is 5.91 Å². The van der Waals surface area contributed by atoms with Crippen LogP contribution in [0.1, 0.15) is 19.4 Å². The first-order valence-corrected chi connectivity index (χ1v) is 10.1. The molecular weight excluding hydrogens is 407 g/mol. The Kier molecular flexibility index (Phi) is 7.23. The van der Waals surface area contributed by atoms with Crippen molar-refractivity contribution in [3.05, 3.63) is 53.8 Å². The Morgan fingerprint density at radius 1 is 1.17 bits per heavy atom. The zero-order chi connectivity index (χ0) is 21.7. The van der Waals surface area contributed by atoms with Gasteiger partial charge in [0.1, 0.15) is 10.8 Å². The van der Waals surface area contributed by atoms with Gasteiger partial charge in [-0.25, -0.2) is 4.39 Å². The molecule has 2 aromatic rings. The molecule has 1 aliphatic heterocycles. The average Bonchev–Trinajstić information content (AvgIpc) is 2.72. The van der Waals surface area contributed by atoms with Crippen molar-refractivity contribution in [3.8, 4) is 11.5 Å². The molecule has 8 heteroatoms. The monoisotopic (exact) mass is 432 g/mol. The van der Waals surface area contributed by atoms with Crippen LogP contribution in [0.2, 0.25) is 0 Å². The number of morpholine rings is 1. The number of ether oxygens (including phenoxy) is 3. The highest BCUT2D eigenvalue weighted by Gasteiger charge is 2.25.